The van der Waals surface area contributed by atoms with Crippen molar-refractivity contribution in [1.82, 2.24) is 0 Å². The van der Waals surface area contributed by atoms with Gasteiger partial charge in [0.2, 0.25) is 0 Å². The summed E-state index contributed by atoms with van der Waals surface area (Å²) in [5.74, 6) is 0. The lowest BCUT2D eigenvalue weighted by Gasteiger charge is -2.37. The van der Waals surface area contributed by atoms with Crippen molar-refractivity contribution in [2.24, 2.45) is 0 Å². The van der Waals surface area contributed by atoms with Gasteiger partial charge in [0.15, 0.2) is 0 Å². The van der Waals surface area contributed by atoms with E-state index in [1.807, 2.05) is 30.3 Å². The molecule has 1 N–H and O–H groups in total. The van der Waals surface area contributed by atoms with Gasteiger partial charge in [0, 0.05) is 18.8 Å². The summed E-state index contributed by atoms with van der Waals surface area (Å²) >= 11 is 0. The molecule has 0 saturated heterocycles. The molecule has 3 heteroatoms. The lowest BCUT2D eigenvalue weighted by molar-refractivity contribution is 0.0111. The number of benzene rings is 1. The van der Waals surface area contributed by atoms with E-state index in [9.17, 15) is 5.11 Å². The maximum atomic E-state index is 10.7. The number of nitriles is 1. The van der Waals surface area contributed by atoms with Crippen LogP contribution in [-0.2, 0) is 0 Å². The van der Waals surface area contributed by atoms with Crippen LogP contribution in [-0.4, -0.2) is 23.8 Å². The molecule has 0 bridgehead atoms. The maximum absolute atomic E-state index is 10.7. The van der Waals surface area contributed by atoms with E-state index in [0.717, 1.165) is 31.4 Å². The summed E-state index contributed by atoms with van der Waals surface area (Å²) in [5.41, 5.74) is 0.514. The van der Waals surface area contributed by atoms with E-state index in [1.54, 1.807) is 0 Å². The van der Waals surface area contributed by atoms with Gasteiger partial charge in [-0.25, -0.2) is 0 Å². The standard InChI is InChI=1S/C16H22N2O/c17-12-7-13-18(15-8-3-1-4-9-15)14-16(19)10-5-2-6-11-16/h1,3-4,8-9,19H,2,5-7,10-11,13-14H2. The zero-order valence-electron chi connectivity index (χ0n) is 11.4. The first kappa shape index (κ1) is 13.9. The number of rotatable bonds is 5. The molecule has 2 rings (SSSR count). The Bertz CT molecular complexity index is 418. The molecule has 0 unspecified atom stereocenters. The molecule has 1 aromatic carbocycles. The Morgan fingerprint density at radius 3 is 2.47 bits per heavy atom. The third-order valence-electron chi connectivity index (χ3n) is 3.88. The van der Waals surface area contributed by atoms with E-state index in [2.05, 4.69) is 11.0 Å². The van der Waals surface area contributed by atoms with Crippen molar-refractivity contribution in [2.75, 3.05) is 18.0 Å². The molecule has 0 spiro atoms. The number of anilines is 1. The lowest BCUT2D eigenvalue weighted by Crippen LogP contribution is -2.45. The van der Waals surface area contributed by atoms with Gasteiger partial charge in [-0.15, -0.1) is 0 Å². The van der Waals surface area contributed by atoms with Gasteiger partial charge in [-0.1, -0.05) is 37.5 Å². The number of para-hydroxylation sites is 1. The molecule has 0 radical (unpaired) electrons. The Morgan fingerprint density at radius 2 is 1.84 bits per heavy atom. The monoisotopic (exact) mass is 258 g/mol. The van der Waals surface area contributed by atoms with Gasteiger partial charge in [-0.05, 0) is 25.0 Å². The topological polar surface area (TPSA) is 47.3 Å². The summed E-state index contributed by atoms with van der Waals surface area (Å²) in [5, 5.41) is 19.5. The van der Waals surface area contributed by atoms with Crippen LogP contribution < -0.4 is 4.90 Å². The first-order valence-corrected chi connectivity index (χ1v) is 7.13. The molecule has 3 nitrogen and oxygen atoms in total. The van der Waals surface area contributed by atoms with Crippen LogP contribution in [0.2, 0.25) is 0 Å². The summed E-state index contributed by atoms with van der Waals surface area (Å²) in [7, 11) is 0. The Hall–Kier alpha value is -1.53. The fraction of sp³-hybridized carbons (Fsp3) is 0.562. The second-order valence-corrected chi connectivity index (χ2v) is 5.45. The van der Waals surface area contributed by atoms with Gasteiger partial charge in [0.1, 0.15) is 0 Å². The molecule has 0 atom stereocenters. The van der Waals surface area contributed by atoms with E-state index < -0.39 is 5.60 Å². The minimum absolute atomic E-state index is 0.491. The minimum atomic E-state index is -0.580. The fourth-order valence-corrected chi connectivity index (χ4v) is 2.85. The number of aliphatic hydroxyl groups is 1. The molecule has 0 aliphatic heterocycles. The molecular weight excluding hydrogens is 236 g/mol. The summed E-state index contributed by atoms with van der Waals surface area (Å²) in [6.45, 7) is 1.32. The van der Waals surface area contributed by atoms with Crippen LogP contribution in [0.1, 0.15) is 38.5 Å². The molecule has 1 aliphatic rings. The van der Waals surface area contributed by atoms with Crippen LogP contribution in [0.5, 0.6) is 0 Å². The molecule has 1 saturated carbocycles. The maximum Gasteiger partial charge on any atom is 0.0821 e. The van der Waals surface area contributed by atoms with E-state index in [1.165, 1.54) is 6.42 Å². The molecule has 19 heavy (non-hydrogen) atoms. The third-order valence-corrected chi connectivity index (χ3v) is 3.88. The average Bonchev–Trinajstić information content (AvgIpc) is 2.45. The highest BCUT2D eigenvalue weighted by atomic mass is 16.3. The molecule has 1 fully saturated rings. The van der Waals surface area contributed by atoms with Gasteiger partial charge >= 0.3 is 0 Å². The third kappa shape index (κ3) is 3.97. The van der Waals surface area contributed by atoms with Crippen LogP contribution in [0, 0.1) is 11.3 Å². The molecule has 0 amide bonds. The average molecular weight is 258 g/mol. The molecule has 1 aromatic rings. The molecule has 0 heterocycles. The van der Waals surface area contributed by atoms with Crippen molar-refractivity contribution in [3.8, 4) is 6.07 Å². The first-order valence-electron chi connectivity index (χ1n) is 7.13. The normalized spacial score (nSPS) is 17.7. The Balaban J connectivity index is 2.07. The first-order chi connectivity index (χ1) is 9.23. The molecule has 1 aliphatic carbocycles. The highest BCUT2D eigenvalue weighted by Crippen LogP contribution is 2.30. The SMILES string of the molecule is N#CCCN(CC1(O)CCCCC1)c1ccccc1. The largest absolute Gasteiger partial charge is 0.388 e. The molecule has 102 valence electrons. The van der Waals surface area contributed by atoms with Crippen molar-refractivity contribution < 1.29 is 5.11 Å². The van der Waals surface area contributed by atoms with E-state index in [0.29, 0.717) is 19.5 Å². The van der Waals surface area contributed by atoms with Gasteiger partial charge in [-0.2, -0.15) is 5.26 Å². The fourth-order valence-electron chi connectivity index (χ4n) is 2.85. The van der Waals surface area contributed by atoms with Crippen molar-refractivity contribution in [2.45, 2.75) is 44.1 Å². The van der Waals surface area contributed by atoms with Crippen molar-refractivity contribution in [1.29, 1.82) is 5.26 Å². The number of nitrogens with zero attached hydrogens (tertiary/aromatic N) is 2. The zero-order chi connectivity index (χ0) is 13.6. The Morgan fingerprint density at radius 1 is 1.16 bits per heavy atom. The molecular formula is C16H22N2O. The summed E-state index contributed by atoms with van der Waals surface area (Å²) in [4.78, 5) is 2.15. The van der Waals surface area contributed by atoms with Crippen LogP contribution in [0.15, 0.2) is 30.3 Å². The van der Waals surface area contributed by atoms with Crippen LogP contribution in [0.4, 0.5) is 5.69 Å². The Labute approximate surface area is 115 Å². The Kier molecular flexibility index (Phi) is 4.81. The smallest absolute Gasteiger partial charge is 0.0821 e. The second-order valence-electron chi connectivity index (χ2n) is 5.45. The summed E-state index contributed by atoms with van der Waals surface area (Å²) in [6, 6.07) is 12.3. The summed E-state index contributed by atoms with van der Waals surface area (Å²) in [6.07, 6.45) is 5.69. The predicted octanol–water partition coefficient (Wildman–Crippen LogP) is 3.10. The van der Waals surface area contributed by atoms with Crippen LogP contribution >= 0.6 is 0 Å². The lowest BCUT2D eigenvalue weighted by atomic mass is 9.84. The quantitative estimate of drug-likeness (QED) is 0.882. The highest BCUT2D eigenvalue weighted by molar-refractivity contribution is 5.46. The second kappa shape index (κ2) is 6.58. The summed E-state index contributed by atoms with van der Waals surface area (Å²) < 4.78 is 0. The van der Waals surface area contributed by atoms with E-state index in [-0.39, 0.29) is 0 Å². The molecule has 0 aromatic heterocycles. The van der Waals surface area contributed by atoms with Gasteiger partial charge in [-0.3, -0.25) is 0 Å². The zero-order valence-corrected chi connectivity index (χ0v) is 11.4. The number of hydrogen-bond acceptors (Lipinski definition) is 3. The van der Waals surface area contributed by atoms with Crippen molar-refractivity contribution in [3.63, 3.8) is 0 Å². The minimum Gasteiger partial charge on any atom is -0.388 e. The highest BCUT2D eigenvalue weighted by Gasteiger charge is 2.31. The van der Waals surface area contributed by atoms with E-state index >= 15 is 0 Å². The predicted molar refractivity (Wildman–Crippen MR) is 76.9 cm³/mol. The van der Waals surface area contributed by atoms with Gasteiger partial charge < -0.3 is 10.0 Å². The van der Waals surface area contributed by atoms with E-state index in [4.69, 9.17) is 5.26 Å². The van der Waals surface area contributed by atoms with Crippen LogP contribution in [0.3, 0.4) is 0 Å². The number of hydrogen-bond donors (Lipinski definition) is 1. The van der Waals surface area contributed by atoms with Gasteiger partial charge in [0.25, 0.3) is 0 Å². The van der Waals surface area contributed by atoms with Crippen LogP contribution in [0.25, 0.3) is 0 Å². The van der Waals surface area contributed by atoms with Crippen molar-refractivity contribution >= 4 is 5.69 Å². The van der Waals surface area contributed by atoms with Gasteiger partial charge in [0.05, 0.1) is 18.1 Å². The van der Waals surface area contributed by atoms with Crippen molar-refractivity contribution in [3.05, 3.63) is 30.3 Å².